The maximum Gasteiger partial charge on any atom is 0.164 e. The Morgan fingerprint density at radius 1 is 1.04 bits per heavy atom. The maximum atomic E-state index is 9.70. The molecule has 0 fully saturated rings. The van der Waals surface area contributed by atoms with Crippen molar-refractivity contribution >= 4 is 10.8 Å². The van der Waals surface area contributed by atoms with Crippen molar-refractivity contribution < 1.29 is 9.47 Å². The van der Waals surface area contributed by atoms with E-state index in [0.29, 0.717) is 0 Å². The molecule has 0 saturated heterocycles. The summed E-state index contributed by atoms with van der Waals surface area (Å²) < 4.78 is 11.2. The van der Waals surface area contributed by atoms with Gasteiger partial charge in [0.1, 0.15) is 17.4 Å². The highest BCUT2D eigenvalue weighted by atomic mass is 16.5. The minimum absolute atomic E-state index is 0.140. The van der Waals surface area contributed by atoms with E-state index in [1.807, 2.05) is 54.6 Å². The highest BCUT2D eigenvalue weighted by molar-refractivity contribution is 5.90. The van der Waals surface area contributed by atoms with Crippen LogP contribution in [-0.4, -0.2) is 13.3 Å². The molecule has 0 spiro atoms. The van der Waals surface area contributed by atoms with Gasteiger partial charge in [0.2, 0.25) is 0 Å². The molecular formula is C21H18N2O2. The van der Waals surface area contributed by atoms with Gasteiger partial charge in [0.05, 0.1) is 13.2 Å². The van der Waals surface area contributed by atoms with Crippen molar-refractivity contribution in [3.05, 3.63) is 71.8 Å². The zero-order valence-corrected chi connectivity index (χ0v) is 13.8. The summed E-state index contributed by atoms with van der Waals surface area (Å²) in [5.74, 6) is 0.964. The molecule has 124 valence electrons. The molecular weight excluding hydrogens is 312 g/mol. The second-order valence-corrected chi connectivity index (χ2v) is 6.19. The molecule has 4 rings (SSSR count). The third-order valence-corrected chi connectivity index (χ3v) is 4.84. The van der Waals surface area contributed by atoms with E-state index in [2.05, 4.69) is 12.1 Å². The summed E-state index contributed by atoms with van der Waals surface area (Å²) in [6, 6.07) is 22.3. The van der Waals surface area contributed by atoms with Crippen LogP contribution in [-0.2, 0) is 0 Å². The molecule has 2 N–H and O–H groups in total. The molecule has 0 aliphatic carbocycles. The Morgan fingerprint density at radius 3 is 2.52 bits per heavy atom. The van der Waals surface area contributed by atoms with Gasteiger partial charge in [-0.25, -0.2) is 0 Å². The molecule has 0 bridgehead atoms. The molecule has 3 aromatic rings. The lowest BCUT2D eigenvalue weighted by Crippen LogP contribution is -2.42. The second-order valence-electron chi connectivity index (χ2n) is 6.19. The quantitative estimate of drug-likeness (QED) is 0.776. The van der Waals surface area contributed by atoms with Gasteiger partial charge in [-0.1, -0.05) is 48.5 Å². The largest absolute Gasteiger partial charge is 0.497 e. The van der Waals surface area contributed by atoms with Crippen LogP contribution in [0.15, 0.2) is 60.7 Å². The van der Waals surface area contributed by atoms with Gasteiger partial charge >= 0.3 is 0 Å². The van der Waals surface area contributed by atoms with Crippen LogP contribution >= 0.6 is 0 Å². The number of hydrogen-bond acceptors (Lipinski definition) is 4. The molecule has 4 nitrogen and oxygen atoms in total. The molecule has 1 heterocycles. The molecule has 0 aromatic heterocycles. The molecule has 3 unspecified atom stereocenters. The third kappa shape index (κ3) is 2.50. The van der Waals surface area contributed by atoms with Crippen molar-refractivity contribution in [2.24, 2.45) is 11.7 Å². The molecule has 1 aliphatic rings. The molecule has 3 aromatic carbocycles. The predicted octanol–water partition coefficient (Wildman–Crippen LogP) is 3.80. The number of nitrogens with zero attached hydrogens (tertiary/aromatic N) is 1. The minimum atomic E-state index is -0.671. The van der Waals surface area contributed by atoms with E-state index < -0.39 is 12.1 Å². The lowest BCUT2D eigenvalue weighted by atomic mass is 9.77. The molecule has 25 heavy (non-hydrogen) atoms. The van der Waals surface area contributed by atoms with E-state index in [0.717, 1.165) is 33.4 Å². The monoisotopic (exact) mass is 330 g/mol. The number of methoxy groups -OCH3 is 1. The average molecular weight is 330 g/mol. The third-order valence-electron chi connectivity index (χ3n) is 4.84. The fraction of sp³-hybridized carbons (Fsp3) is 0.190. The van der Waals surface area contributed by atoms with E-state index >= 15 is 0 Å². The number of rotatable bonds is 2. The Bertz CT molecular complexity index is 960. The summed E-state index contributed by atoms with van der Waals surface area (Å²) in [5, 5.41) is 11.8. The van der Waals surface area contributed by atoms with Gasteiger partial charge < -0.3 is 9.47 Å². The SMILES string of the molecule is COc1ccc(C2c3ccc4ccccc4c3OC(N)C2C#N)cc1. The van der Waals surface area contributed by atoms with Crippen molar-refractivity contribution in [1.29, 1.82) is 5.26 Å². The van der Waals surface area contributed by atoms with Gasteiger partial charge in [-0.05, 0) is 23.1 Å². The van der Waals surface area contributed by atoms with E-state index in [1.54, 1.807) is 7.11 Å². The zero-order valence-electron chi connectivity index (χ0n) is 13.8. The zero-order chi connectivity index (χ0) is 17.4. The molecule has 0 radical (unpaired) electrons. The number of nitrogens with two attached hydrogens (primary N) is 1. The van der Waals surface area contributed by atoms with Gasteiger partial charge in [0.25, 0.3) is 0 Å². The Balaban J connectivity index is 1.92. The standard InChI is InChI=1S/C21H18N2O2/c1-24-15-9-6-14(7-10-15)19-17-11-8-13-4-2-3-5-16(13)20(17)25-21(23)18(19)12-22/h2-11,18-19,21H,23H2,1H3. The van der Waals surface area contributed by atoms with Gasteiger partial charge in [-0.15, -0.1) is 0 Å². The highest BCUT2D eigenvalue weighted by Gasteiger charge is 2.38. The minimum Gasteiger partial charge on any atom is -0.497 e. The van der Waals surface area contributed by atoms with Crippen molar-refractivity contribution in [3.8, 4) is 17.6 Å². The van der Waals surface area contributed by atoms with Crippen LogP contribution in [0.4, 0.5) is 0 Å². The first-order valence-electron chi connectivity index (χ1n) is 8.20. The van der Waals surface area contributed by atoms with Crippen molar-refractivity contribution in [3.63, 3.8) is 0 Å². The number of hydrogen-bond donors (Lipinski definition) is 1. The van der Waals surface area contributed by atoms with E-state index in [4.69, 9.17) is 15.2 Å². The molecule has 0 saturated carbocycles. The normalized spacial score (nSPS) is 21.9. The fourth-order valence-corrected chi connectivity index (χ4v) is 3.57. The van der Waals surface area contributed by atoms with Crippen molar-refractivity contribution in [1.82, 2.24) is 0 Å². The highest BCUT2D eigenvalue weighted by Crippen LogP contribution is 2.46. The number of benzene rings is 3. The van der Waals surface area contributed by atoms with Crippen LogP contribution in [0.25, 0.3) is 10.8 Å². The Hall–Kier alpha value is -3.03. The van der Waals surface area contributed by atoms with Crippen LogP contribution in [0, 0.1) is 17.2 Å². The molecule has 0 amide bonds. The van der Waals surface area contributed by atoms with Crippen LogP contribution in [0.1, 0.15) is 17.0 Å². The number of nitriles is 1. The van der Waals surface area contributed by atoms with Gasteiger partial charge in [-0.3, -0.25) is 5.73 Å². The lowest BCUT2D eigenvalue weighted by Gasteiger charge is -2.35. The van der Waals surface area contributed by atoms with Crippen LogP contribution in [0.5, 0.6) is 11.5 Å². The maximum absolute atomic E-state index is 9.70. The summed E-state index contributed by atoms with van der Waals surface area (Å²) in [6.45, 7) is 0. The summed E-state index contributed by atoms with van der Waals surface area (Å²) in [5.41, 5.74) is 8.24. The van der Waals surface area contributed by atoms with Gasteiger partial charge in [0.15, 0.2) is 6.23 Å². The average Bonchev–Trinajstić information content (AvgIpc) is 2.67. The number of ether oxygens (including phenoxy) is 2. The first-order valence-corrected chi connectivity index (χ1v) is 8.20. The van der Waals surface area contributed by atoms with Gasteiger partial charge in [0, 0.05) is 16.9 Å². The molecule has 1 aliphatic heterocycles. The van der Waals surface area contributed by atoms with E-state index in [-0.39, 0.29) is 5.92 Å². The summed E-state index contributed by atoms with van der Waals surface area (Å²) >= 11 is 0. The summed E-state index contributed by atoms with van der Waals surface area (Å²) in [7, 11) is 1.64. The fourth-order valence-electron chi connectivity index (χ4n) is 3.57. The first-order chi connectivity index (χ1) is 12.2. The Kier molecular flexibility index (Phi) is 3.79. The van der Waals surface area contributed by atoms with Crippen molar-refractivity contribution in [2.75, 3.05) is 7.11 Å². The van der Waals surface area contributed by atoms with Gasteiger partial charge in [-0.2, -0.15) is 5.26 Å². The predicted molar refractivity (Wildman–Crippen MR) is 96.5 cm³/mol. The van der Waals surface area contributed by atoms with Crippen molar-refractivity contribution in [2.45, 2.75) is 12.1 Å². The Labute approximate surface area is 146 Å². The summed E-state index contributed by atoms with van der Waals surface area (Å²) in [4.78, 5) is 0. The second kappa shape index (κ2) is 6.12. The van der Waals surface area contributed by atoms with E-state index in [9.17, 15) is 5.26 Å². The van der Waals surface area contributed by atoms with Crippen LogP contribution in [0.2, 0.25) is 0 Å². The van der Waals surface area contributed by atoms with E-state index in [1.165, 1.54) is 0 Å². The van der Waals surface area contributed by atoms with Crippen LogP contribution in [0.3, 0.4) is 0 Å². The lowest BCUT2D eigenvalue weighted by molar-refractivity contribution is 0.137. The summed E-state index contributed by atoms with van der Waals surface area (Å²) in [6.07, 6.45) is -0.671. The number of fused-ring (bicyclic) bond motifs is 3. The first kappa shape index (κ1) is 15.5. The topological polar surface area (TPSA) is 68.3 Å². The molecule has 4 heteroatoms. The Morgan fingerprint density at radius 2 is 1.80 bits per heavy atom. The van der Waals surface area contributed by atoms with Crippen LogP contribution < -0.4 is 15.2 Å². The smallest absolute Gasteiger partial charge is 0.164 e. The molecule has 3 atom stereocenters.